The number of anilines is 1. The van der Waals surface area contributed by atoms with Gasteiger partial charge in [0.2, 0.25) is 0 Å². The largest absolute Gasteiger partial charge is 0.497 e. The topological polar surface area (TPSA) is 86.8 Å². The van der Waals surface area contributed by atoms with Crippen LogP contribution in [0.1, 0.15) is 23.0 Å². The number of esters is 1. The summed E-state index contributed by atoms with van der Waals surface area (Å²) >= 11 is 1.24. The van der Waals surface area contributed by atoms with Crippen molar-refractivity contribution < 1.29 is 23.8 Å². The summed E-state index contributed by atoms with van der Waals surface area (Å²) in [5, 5.41) is 4.80. The second-order valence-corrected chi connectivity index (χ2v) is 5.54. The van der Waals surface area contributed by atoms with Gasteiger partial charge in [-0.15, -0.1) is 23.7 Å². The third-order valence-corrected chi connectivity index (χ3v) is 3.82. The number of ether oxygens (including phenoxy) is 3. The molecule has 0 bridgehead atoms. The molecule has 0 saturated heterocycles. The van der Waals surface area contributed by atoms with Crippen LogP contribution in [0, 0.1) is 0 Å². The van der Waals surface area contributed by atoms with Gasteiger partial charge in [-0.3, -0.25) is 14.9 Å². The first-order chi connectivity index (χ1) is 11.5. The molecule has 0 aliphatic rings. The van der Waals surface area contributed by atoms with Crippen LogP contribution in [0.15, 0.2) is 23.6 Å². The van der Waals surface area contributed by atoms with Gasteiger partial charge in [0.1, 0.15) is 11.5 Å². The highest BCUT2D eigenvalue weighted by molar-refractivity contribution is 7.14. The minimum Gasteiger partial charge on any atom is -0.497 e. The number of benzene rings is 1. The quantitative estimate of drug-likeness (QED) is 0.736. The van der Waals surface area contributed by atoms with Gasteiger partial charge in [-0.05, 0) is 19.1 Å². The van der Waals surface area contributed by atoms with Crippen LogP contribution in [0.5, 0.6) is 11.5 Å². The predicted molar refractivity (Wildman–Crippen MR) is 97.2 cm³/mol. The maximum Gasteiger partial charge on any atom is 0.311 e. The lowest BCUT2D eigenvalue weighted by Crippen LogP contribution is -2.12. The van der Waals surface area contributed by atoms with Crippen molar-refractivity contribution in [2.75, 3.05) is 26.1 Å². The van der Waals surface area contributed by atoms with Gasteiger partial charge in [-0.1, -0.05) is 0 Å². The normalized spacial score (nSPS) is 9.72. The number of carbonyl (C=O) groups is 2. The van der Waals surface area contributed by atoms with Crippen LogP contribution in [-0.2, 0) is 16.0 Å². The molecular formula is C16H19ClN2O5S. The summed E-state index contributed by atoms with van der Waals surface area (Å²) in [6, 6.07) is 4.88. The van der Waals surface area contributed by atoms with Crippen molar-refractivity contribution in [2.24, 2.45) is 0 Å². The average molecular weight is 387 g/mol. The molecule has 1 amide bonds. The standard InChI is InChI=1S/C16H18N2O5S.ClH/c1-4-23-14(19)7-11-9-24-16(17-11)18-15(20)10-5-12(21-2)8-13(6-10)22-3;/h5-6,8-9H,4,7H2,1-3H3,(H,17,18,20);1H. The number of thiazole rings is 1. The second kappa shape index (κ2) is 9.85. The number of amides is 1. The van der Waals surface area contributed by atoms with E-state index < -0.39 is 0 Å². The van der Waals surface area contributed by atoms with Crippen molar-refractivity contribution in [1.29, 1.82) is 0 Å². The highest BCUT2D eigenvalue weighted by Crippen LogP contribution is 2.24. The van der Waals surface area contributed by atoms with Gasteiger partial charge >= 0.3 is 5.97 Å². The molecule has 25 heavy (non-hydrogen) atoms. The van der Waals surface area contributed by atoms with Crippen molar-refractivity contribution in [3.8, 4) is 11.5 Å². The summed E-state index contributed by atoms with van der Waals surface area (Å²) in [6.07, 6.45) is 0.0766. The molecule has 0 saturated carbocycles. The number of aromatic nitrogens is 1. The molecule has 0 aliphatic carbocycles. The molecular weight excluding hydrogens is 368 g/mol. The van der Waals surface area contributed by atoms with E-state index in [2.05, 4.69) is 10.3 Å². The molecule has 1 aromatic carbocycles. The zero-order chi connectivity index (χ0) is 17.5. The zero-order valence-corrected chi connectivity index (χ0v) is 15.7. The number of hydrogen-bond acceptors (Lipinski definition) is 7. The fraction of sp³-hybridized carbons (Fsp3) is 0.312. The maximum atomic E-state index is 12.3. The van der Waals surface area contributed by atoms with Crippen LogP contribution in [0.2, 0.25) is 0 Å². The molecule has 0 spiro atoms. The van der Waals surface area contributed by atoms with Crippen LogP contribution < -0.4 is 14.8 Å². The molecule has 136 valence electrons. The van der Waals surface area contributed by atoms with Crippen LogP contribution >= 0.6 is 23.7 Å². The van der Waals surface area contributed by atoms with Crippen LogP contribution in [0.25, 0.3) is 0 Å². The smallest absolute Gasteiger partial charge is 0.311 e. The maximum absolute atomic E-state index is 12.3. The minimum absolute atomic E-state index is 0. The van der Waals surface area contributed by atoms with Crippen molar-refractivity contribution >= 4 is 40.8 Å². The van der Waals surface area contributed by atoms with E-state index in [4.69, 9.17) is 14.2 Å². The van der Waals surface area contributed by atoms with E-state index in [9.17, 15) is 9.59 Å². The fourth-order valence-corrected chi connectivity index (χ4v) is 2.62. The first kappa shape index (κ1) is 20.7. The van der Waals surface area contributed by atoms with E-state index in [1.54, 1.807) is 30.5 Å². The van der Waals surface area contributed by atoms with Crippen molar-refractivity contribution in [2.45, 2.75) is 13.3 Å². The number of carbonyl (C=O) groups excluding carboxylic acids is 2. The van der Waals surface area contributed by atoms with E-state index in [-0.39, 0.29) is 30.7 Å². The first-order valence-electron chi connectivity index (χ1n) is 7.20. The Balaban J connectivity index is 0.00000312. The fourth-order valence-electron chi connectivity index (χ4n) is 1.91. The Morgan fingerprint density at radius 3 is 2.36 bits per heavy atom. The summed E-state index contributed by atoms with van der Waals surface area (Å²) < 4.78 is 15.2. The molecule has 1 N–H and O–H groups in total. The van der Waals surface area contributed by atoms with Gasteiger partial charge in [0, 0.05) is 17.0 Å². The third-order valence-electron chi connectivity index (χ3n) is 3.02. The minimum atomic E-state index is -0.349. The molecule has 0 aliphatic heterocycles. The summed E-state index contributed by atoms with van der Waals surface area (Å²) in [5.41, 5.74) is 0.935. The summed E-state index contributed by atoms with van der Waals surface area (Å²) in [7, 11) is 3.03. The lowest BCUT2D eigenvalue weighted by Gasteiger charge is -2.08. The highest BCUT2D eigenvalue weighted by atomic mass is 35.5. The SMILES string of the molecule is CCOC(=O)Cc1csc(NC(=O)c2cc(OC)cc(OC)c2)n1.Cl. The van der Waals surface area contributed by atoms with Crippen LogP contribution in [-0.4, -0.2) is 37.7 Å². The van der Waals surface area contributed by atoms with E-state index in [0.29, 0.717) is 34.5 Å². The average Bonchev–Trinajstić information content (AvgIpc) is 3.01. The van der Waals surface area contributed by atoms with Crippen molar-refractivity contribution in [3.05, 3.63) is 34.8 Å². The summed E-state index contributed by atoms with van der Waals surface area (Å²) in [6.45, 7) is 2.07. The Morgan fingerprint density at radius 2 is 1.80 bits per heavy atom. The summed E-state index contributed by atoms with van der Waals surface area (Å²) in [5.74, 6) is 0.339. The van der Waals surface area contributed by atoms with E-state index in [1.807, 2.05) is 0 Å². The van der Waals surface area contributed by atoms with Gasteiger partial charge in [0.15, 0.2) is 5.13 Å². The Hall–Kier alpha value is -2.32. The number of methoxy groups -OCH3 is 2. The molecule has 1 aromatic heterocycles. The van der Waals surface area contributed by atoms with E-state index in [1.165, 1.54) is 25.6 Å². The number of hydrogen-bond donors (Lipinski definition) is 1. The monoisotopic (exact) mass is 386 g/mol. The van der Waals surface area contributed by atoms with Gasteiger partial charge in [0.25, 0.3) is 5.91 Å². The molecule has 2 aromatic rings. The molecule has 0 atom stereocenters. The lowest BCUT2D eigenvalue weighted by molar-refractivity contribution is -0.142. The van der Waals surface area contributed by atoms with E-state index in [0.717, 1.165) is 0 Å². The molecule has 0 fully saturated rings. The predicted octanol–water partition coefficient (Wildman–Crippen LogP) is 2.94. The van der Waals surface area contributed by atoms with Crippen LogP contribution in [0.3, 0.4) is 0 Å². The first-order valence-corrected chi connectivity index (χ1v) is 8.08. The second-order valence-electron chi connectivity index (χ2n) is 4.68. The Morgan fingerprint density at radius 1 is 1.16 bits per heavy atom. The van der Waals surface area contributed by atoms with Crippen molar-refractivity contribution in [3.63, 3.8) is 0 Å². The number of nitrogens with zero attached hydrogens (tertiary/aromatic N) is 1. The Kier molecular flexibility index (Phi) is 8.17. The number of halogens is 1. The van der Waals surface area contributed by atoms with Gasteiger partial charge in [0.05, 0.1) is 32.9 Å². The lowest BCUT2D eigenvalue weighted by atomic mass is 10.2. The van der Waals surface area contributed by atoms with Gasteiger partial charge in [-0.2, -0.15) is 0 Å². The zero-order valence-electron chi connectivity index (χ0n) is 14.0. The van der Waals surface area contributed by atoms with Crippen molar-refractivity contribution in [1.82, 2.24) is 4.98 Å². The molecule has 9 heteroatoms. The Bertz CT molecular complexity index is 713. The molecule has 1 heterocycles. The van der Waals surface area contributed by atoms with Crippen LogP contribution in [0.4, 0.5) is 5.13 Å². The molecule has 0 radical (unpaired) electrons. The van der Waals surface area contributed by atoms with Gasteiger partial charge in [-0.25, -0.2) is 4.98 Å². The number of nitrogens with one attached hydrogen (secondary N) is 1. The molecule has 0 unspecified atom stereocenters. The highest BCUT2D eigenvalue weighted by Gasteiger charge is 2.13. The van der Waals surface area contributed by atoms with Gasteiger partial charge < -0.3 is 14.2 Å². The molecule has 2 rings (SSSR count). The summed E-state index contributed by atoms with van der Waals surface area (Å²) in [4.78, 5) is 28.0. The third kappa shape index (κ3) is 5.91. The Labute approximate surface area is 155 Å². The number of rotatable bonds is 7. The molecule has 7 nitrogen and oxygen atoms in total. The van der Waals surface area contributed by atoms with E-state index >= 15 is 0 Å².